The van der Waals surface area contributed by atoms with E-state index in [1.807, 2.05) is 13.0 Å². The van der Waals surface area contributed by atoms with E-state index in [-0.39, 0.29) is 5.91 Å². The molecule has 0 bridgehead atoms. The standard InChI is InChI=1S/C11H19N5O/c1-2-13-11-15-8-6-10(16-11)14-7-4-3-5-9(12)17/h6,8H,2-5,7H2,1H3,(H2,12,17)(H2,13,14,15,16). The van der Waals surface area contributed by atoms with E-state index in [0.29, 0.717) is 12.4 Å². The Labute approximate surface area is 101 Å². The Morgan fingerprint density at radius 1 is 1.41 bits per heavy atom. The number of hydrogen-bond donors (Lipinski definition) is 3. The molecule has 0 saturated carbocycles. The molecule has 0 fully saturated rings. The lowest BCUT2D eigenvalue weighted by molar-refractivity contribution is -0.118. The summed E-state index contributed by atoms with van der Waals surface area (Å²) in [6, 6.07) is 1.81. The molecular formula is C11H19N5O. The first-order chi connectivity index (χ1) is 8.22. The van der Waals surface area contributed by atoms with Crippen LogP contribution < -0.4 is 16.4 Å². The van der Waals surface area contributed by atoms with Gasteiger partial charge in [-0.15, -0.1) is 0 Å². The maximum absolute atomic E-state index is 10.5. The van der Waals surface area contributed by atoms with Gasteiger partial charge in [-0.25, -0.2) is 4.98 Å². The van der Waals surface area contributed by atoms with Gasteiger partial charge < -0.3 is 16.4 Å². The smallest absolute Gasteiger partial charge is 0.224 e. The van der Waals surface area contributed by atoms with Crippen molar-refractivity contribution in [2.75, 3.05) is 23.7 Å². The van der Waals surface area contributed by atoms with Crippen LogP contribution in [-0.2, 0) is 4.79 Å². The molecule has 17 heavy (non-hydrogen) atoms. The first-order valence-corrected chi connectivity index (χ1v) is 5.81. The van der Waals surface area contributed by atoms with Crippen LogP contribution in [0.4, 0.5) is 11.8 Å². The van der Waals surface area contributed by atoms with Crippen molar-refractivity contribution < 1.29 is 4.79 Å². The van der Waals surface area contributed by atoms with Crippen LogP contribution in [0.15, 0.2) is 12.3 Å². The molecule has 1 aromatic rings. The van der Waals surface area contributed by atoms with Crippen molar-refractivity contribution in [1.29, 1.82) is 0 Å². The number of nitrogens with two attached hydrogens (primary N) is 1. The van der Waals surface area contributed by atoms with E-state index in [1.54, 1.807) is 6.20 Å². The SMILES string of the molecule is CCNc1nccc(NCCCCC(N)=O)n1. The average Bonchev–Trinajstić information content (AvgIpc) is 2.29. The molecule has 1 aromatic heterocycles. The summed E-state index contributed by atoms with van der Waals surface area (Å²) in [5.74, 6) is 1.16. The summed E-state index contributed by atoms with van der Waals surface area (Å²) in [6.45, 7) is 3.56. The number of rotatable bonds is 8. The molecule has 1 heterocycles. The highest BCUT2D eigenvalue weighted by atomic mass is 16.1. The second-order valence-electron chi connectivity index (χ2n) is 3.65. The van der Waals surface area contributed by atoms with Gasteiger partial charge in [0.25, 0.3) is 0 Å². The van der Waals surface area contributed by atoms with Crippen LogP contribution in [0, 0.1) is 0 Å². The van der Waals surface area contributed by atoms with Crippen molar-refractivity contribution in [3.63, 3.8) is 0 Å². The van der Waals surface area contributed by atoms with Gasteiger partial charge in [-0.05, 0) is 25.8 Å². The fraction of sp³-hybridized carbons (Fsp3) is 0.545. The van der Waals surface area contributed by atoms with Gasteiger partial charge in [0.1, 0.15) is 5.82 Å². The molecule has 4 N–H and O–H groups in total. The lowest BCUT2D eigenvalue weighted by Gasteiger charge is -2.06. The molecule has 0 unspecified atom stereocenters. The summed E-state index contributed by atoms with van der Waals surface area (Å²) in [7, 11) is 0. The summed E-state index contributed by atoms with van der Waals surface area (Å²) in [5, 5.41) is 6.21. The van der Waals surface area contributed by atoms with Crippen LogP contribution in [-0.4, -0.2) is 29.0 Å². The van der Waals surface area contributed by atoms with Gasteiger partial charge in [-0.2, -0.15) is 4.98 Å². The molecule has 94 valence electrons. The lowest BCUT2D eigenvalue weighted by atomic mass is 10.2. The number of anilines is 2. The third kappa shape index (κ3) is 5.70. The van der Waals surface area contributed by atoms with Gasteiger partial charge in [0.2, 0.25) is 11.9 Å². The largest absolute Gasteiger partial charge is 0.370 e. The number of nitrogens with zero attached hydrogens (tertiary/aromatic N) is 2. The van der Waals surface area contributed by atoms with Crippen LogP contribution in [0.25, 0.3) is 0 Å². The number of nitrogens with one attached hydrogen (secondary N) is 2. The first kappa shape index (κ1) is 13.2. The fourth-order valence-electron chi connectivity index (χ4n) is 1.34. The molecule has 0 atom stereocenters. The first-order valence-electron chi connectivity index (χ1n) is 5.81. The highest BCUT2D eigenvalue weighted by Gasteiger charge is 1.98. The molecule has 6 nitrogen and oxygen atoms in total. The number of amides is 1. The average molecular weight is 237 g/mol. The van der Waals surface area contributed by atoms with Gasteiger partial charge in [0.05, 0.1) is 0 Å². The number of hydrogen-bond acceptors (Lipinski definition) is 5. The van der Waals surface area contributed by atoms with Crippen molar-refractivity contribution in [2.45, 2.75) is 26.2 Å². The molecule has 0 aromatic carbocycles. The summed E-state index contributed by atoms with van der Waals surface area (Å²) in [4.78, 5) is 18.9. The Kier molecular flexibility index (Phi) is 5.77. The molecule has 1 rings (SSSR count). The second-order valence-corrected chi connectivity index (χ2v) is 3.65. The van der Waals surface area contributed by atoms with Crippen molar-refractivity contribution in [3.8, 4) is 0 Å². The van der Waals surface area contributed by atoms with Gasteiger partial charge in [0.15, 0.2) is 0 Å². The van der Waals surface area contributed by atoms with E-state index in [9.17, 15) is 4.79 Å². The molecule has 0 radical (unpaired) electrons. The fourth-order valence-corrected chi connectivity index (χ4v) is 1.34. The highest BCUT2D eigenvalue weighted by Crippen LogP contribution is 2.05. The van der Waals surface area contributed by atoms with Crippen molar-refractivity contribution in [2.24, 2.45) is 5.73 Å². The maximum atomic E-state index is 10.5. The van der Waals surface area contributed by atoms with Crippen molar-refractivity contribution in [1.82, 2.24) is 9.97 Å². The number of carbonyl (C=O) groups excluding carboxylic acids is 1. The Balaban J connectivity index is 2.26. The Bertz CT molecular complexity index is 355. The highest BCUT2D eigenvalue weighted by molar-refractivity contribution is 5.73. The van der Waals surface area contributed by atoms with Crippen molar-refractivity contribution >= 4 is 17.7 Å². The van der Waals surface area contributed by atoms with Crippen molar-refractivity contribution in [3.05, 3.63) is 12.3 Å². The van der Waals surface area contributed by atoms with Crippen LogP contribution in [0.3, 0.4) is 0 Å². The van der Waals surface area contributed by atoms with E-state index in [0.717, 1.165) is 31.7 Å². The predicted molar refractivity (Wildman–Crippen MR) is 67.7 cm³/mol. The zero-order valence-corrected chi connectivity index (χ0v) is 10.1. The number of aromatic nitrogens is 2. The molecule has 0 aliphatic heterocycles. The quantitative estimate of drug-likeness (QED) is 0.586. The minimum atomic E-state index is -0.249. The molecular weight excluding hydrogens is 218 g/mol. The molecule has 1 amide bonds. The summed E-state index contributed by atoms with van der Waals surface area (Å²) in [5.41, 5.74) is 5.05. The summed E-state index contributed by atoms with van der Waals surface area (Å²) >= 11 is 0. The number of unbranched alkanes of at least 4 members (excludes halogenated alkanes) is 1. The molecule has 0 saturated heterocycles. The maximum Gasteiger partial charge on any atom is 0.224 e. The van der Waals surface area contributed by atoms with Gasteiger partial charge in [-0.3, -0.25) is 4.79 Å². The number of carbonyl (C=O) groups is 1. The molecule has 0 aliphatic carbocycles. The molecule has 0 spiro atoms. The Morgan fingerprint density at radius 3 is 2.94 bits per heavy atom. The topological polar surface area (TPSA) is 92.9 Å². The Morgan fingerprint density at radius 2 is 2.24 bits per heavy atom. The molecule has 6 heteroatoms. The normalized spacial score (nSPS) is 9.94. The number of primary amides is 1. The predicted octanol–water partition coefficient (Wildman–Crippen LogP) is 0.976. The second kappa shape index (κ2) is 7.43. The van der Waals surface area contributed by atoms with Crippen LogP contribution >= 0.6 is 0 Å². The van der Waals surface area contributed by atoms with E-state index in [4.69, 9.17) is 5.73 Å². The Hall–Kier alpha value is -1.85. The minimum absolute atomic E-state index is 0.249. The third-order valence-corrected chi connectivity index (χ3v) is 2.15. The molecule has 0 aliphatic rings. The monoisotopic (exact) mass is 237 g/mol. The van der Waals surface area contributed by atoms with E-state index < -0.39 is 0 Å². The van der Waals surface area contributed by atoms with Gasteiger partial charge in [0, 0.05) is 25.7 Å². The van der Waals surface area contributed by atoms with E-state index >= 15 is 0 Å². The van der Waals surface area contributed by atoms with Crippen LogP contribution in [0.2, 0.25) is 0 Å². The minimum Gasteiger partial charge on any atom is -0.370 e. The lowest BCUT2D eigenvalue weighted by Crippen LogP contribution is -2.11. The summed E-state index contributed by atoms with van der Waals surface area (Å²) in [6.07, 6.45) is 3.84. The van der Waals surface area contributed by atoms with E-state index in [2.05, 4.69) is 20.6 Å². The zero-order chi connectivity index (χ0) is 12.5. The van der Waals surface area contributed by atoms with Gasteiger partial charge >= 0.3 is 0 Å². The van der Waals surface area contributed by atoms with E-state index in [1.165, 1.54) is 0 Å². The third-order valence-electron chi connectivity index (χ3n) is 2.15. The van der Waals surface area contributed by atoms with Gasteiger partial charge in [-0.1, -0.05) is 0 Å². The summed E-state index contributed by atoms with van der Waals surface area (Å²) < 4.78 is 0. The van der Waals surface area contributed by atoms with Crippen LogP contribution in [0.1, 0.15) is 26.2 Å². The van der Waals surface area contributed by atoms with Crippen LogP contribution in [0.5, 0.6) is 0 Å². The zero-order valence-electron chi connectivity index (χ0n) is 10.1.